The van der Waals surface area contributed by atoms with Gasteiger partial charge in [-0.25, -0.2) is 0 Å². The van der Waals surface area contributed by atoms with Crippen LogP contribution in [0.25, 0.3) is 0 Å². The summed E-state index contributed by atoms with van der Waals surface area (Å²) in [6.07, 6.45) is 0.392. The van der Waals surface area contributed by atoms with Crippen molar-refractivity contribution in [3.05, 3.63) is 0 Å². The third kappa shape index (κ3) is 4.62. The molecule has 0 saturated carbocycles. The molecule has 1 heterocycles. The van der Waals surface area contributed by atoms with Crippen molar-refractivity contribution in [2.75, 3.05) is 31.7 Å². The van der Waals surface area contributed by atoms with Gasteiger partial charge in [0.15, 0.2) is 0 Å². The van der Waals surface area contributed by atoms with Crippen molar-refractivity contribution in [1.82, 2.24) is 5.32 Å². The quantitative estimate of drug-likeness (QED) is 0.531. The van der Waals surface area contributed by atoms with E-state index < -0.39 is 0 Å². The zero-order valence-corrected chi connectivity index (χ0v) is 9.01. The van der Waals surface area contributed by atoms with Crippen LogP contribution in [0.5, 0.6) is 0 Å². The summed E-state index contributed by atoms with van der Waals surface area (Å²) in [5.74, 6) is 0. The van der Waals surface area contributed by atoms with Crippen LogP contribution >= 0.6 is 25.2 Å². The summed E-state index contributed by atoms with van der Waals surface area (Å²) in [6.45, 7) is 4.77. The molecule has 1 N–H and O–H groups in total. The van der Waals surface area contributed by atoms with E-state index in [2.05, 4.69) is 30.5 Å². The van der Waals surface area contributed by atoms with Gasteiger partial charge in [0, 0.05) is 18.4 Å². The Morgan fingerprint density at radius 2 is 2.40 bits per heavy atom. The van der Waals surface area contributed by atoms with Crippen LogP contribution in [-0.2, 0) is 4.74 Å². The fourth-order valence-corrected chi connectivity index (χ4v) is 1.13. The summed E-state index contributed by atoms with van der Waals surface area (Å²) < 4.78 is 5.32. The topological polar surface area (TPSA) is 21.3 Å². The molecule has 1 fully saturated rings. The van der Waals surface area contributed by atoms with Gasteiger partial charge in [0.25, 0.3) is 0 Å². The van der Waals surface area contributed by atoms with Gasteiger partial charge in [-0.2, -0.15) is 0 Å². The highest BCUT2D eigenvalue weighted by Crippen LogP contribution is 1.98. The van der Waals surface area contributed by atoms with E-state index in [0.717, 1.165) is 25.0 Å². The Bertz CT molecular complexity index is 68.8. The molecule has 10 heavy (non-hydrogen) atoms. The van der Waals surface area contributed by atoms with Crippen molar-refractivity contribution < 1.29 is 4.74 Å². The number of ether oxygens (including phenoxy) is 1. The summed E-state index contributed by atoms with van der Waals surface area (Å²) in [5, 5.41) is 4.18. The zero-order chi connectivity index (χ0) is 7.82. The van der Waals surface area contributed by atoms with Gasteiger partial charge in [-0.3, -0.25) is 0 Å². The molecular formula is C6H15BrNOP. The fourth-order valence-electron chi connectivity index (χ4n) is 0.719. The SMILES string of the molecule is BrCC1CNCCO1.CP. The summed E-state index contributed by atoms with van der Waals surface area (Å²) in [4.78, 5) is 0. The maximum absolute atomic E-state index is 5.32. The van der Waals surface area contributed by atoms with Crippen LogP contribution in [0.3, 0.4) is 0 Å². The first kappa shape index (κ1) is 10.8. The predicted molar refractivity (Wildman–Crippen MR) is 52.0 cm³/mol. The normalized spacial score (nSPS) is 24.9. The number of morpholine rings is 1. The predicted octanol–water partition coefficient (Wildman–Crippen LogP) is 0.861. The van der Waals surface area contributed by atoms with Gasteiger partial charge in [-0.15, -0.1) is 9.24 Å². The first-order chi connectivity index (χ1) is 4.93. The van der Waals surface area contributed by atoms with Crippen molar-refractivity contribution in [1.29, 1.82) is 0 Å². The van der Waals surface area contributed by atoms with E-state index in [-0.39, 0.29) is 0 Å². The number of rotatable bonds is 1. The van der Waals surface area contributed by atoms with Crippen LogP contribution in [0.2, 0.25) is 0 Å². The molecule has 0 aromatic heterocycles. The first-order valence-electron chi connectivity index (χ1n) is 3.39. The van der Waals surface area contributed by atoms with Crippen LogP contribution in [-0.4, -0.2) is 37.8 Å². The standard InChI is InChI=1S/C5H10BrNO.CH5P/c6-3-5-4-7-1-2-8-5;1-2/h5,7H,1-4H2;2H2,1H3. The lowest BCUT2D eigenvalue weighted by Crippen LogP contribution is -2.39. The van der Waals surface area contributed by atoms with E-state index in [1.165, 1.54) is 0 Å². The van der Waals surface area contributed by atoms with Crippen molar-refractivity contribution in [2.45, 2.75) is 6.10 Å². The monoisotopic (exact) mass is 227 g/mol. The largest absolute Gasteiger partial charge is 0.375 e. The molecule has 0 aliphatic carbocycles. The zero-order valence-electron chi connectivity index (χ0n) is 6.27. The van der Waals surface area contributed by atoms with Crippen molar-refractivity contribution in [3.8, 4) is 0 Å². The Balaban J connectivity index is 0.000000371. The summed E-state index contributed by atoms with van der Waals surface area (Å²) in [5.41, 5.74) is 0. The van der Waals surface area contributed by atoms with Crippen molar-refractivity contribution in [2.24, 2.45) is 0 Å². The molecule has 0 aromatic carbocycles. The summed E-state index contributed by atoms with van der Waals surface area (Å²) >= 11 is 3.35. The average Bonchev–Trinajstić information content (AvgIpc) is 2.10. The third-order valence-electron chi connectivity index (χ3n) is 1.18. The molecular weight excluding hydrogens is 213 g/mol. The molecule has 4 heteroatoms. The molecule has 2 atom stereocenters. The second-order valence-corrected chi connectivity index (χ2v) is 2.50. The number of alkyl halides is 1. The Labute approximate surface area is 73.4 Å². The highest BCUT2D eigenvalue weighted by molar-refractivity contribution is 9.09. The second kappa shape index (κ2) is 7.93. The number of hydrogen-bond acceptors (Lipinski definition) is 2. The van der Waals surface area contributed by atoms with Crippen LogP contribution < -0.4 is 5.32 Å². The minimum absolute atomic E-state index is 0.392. The van der Waals surface area contributed by atoms with Crippen molar-refractivity contribution in [3.63, 3.8) is 0 Å². The van der Waals surface area contributed by atoms with Gasteiger partial charge in [0.1, 0.15) is 0 Å². The van der Waals surface area contributed by atoms with Crippen LogP contribution in [0.4, 0.5) is 0 Å². The molecule has 2 nitrogen and oxygen atoms in total. The summed E-state index contributed by atoms with van der Waals surface area (Å²) in [7, 11) is 2.42. The van der Waals surface area contributed by atoms with E-state index in [1.807, 2.05) is 6.66 Å². The van der Waals surface area contributed by atoms with Gasteiger partial charge < -0.3 is 10.1 Å². The highest BCUT2D eigenvalue weighted by Gasteiger charge is 2.09. The van der Waals surface area contributed by atoms with E-state index in [9.17, 15) is 0 Å². The molecule has 0 aromatic rings. The van der Waals surface area contributed by atoms with Crippen LogP contribution in [0, 0.1) is 0 Å². The maximum atomic E-state index is 5.32. The lowest BCUT2D eigenvalue weighted by molar-refractivity contribution is 0.0448. The van der Waals surface area contributed by atoms with E-state index in [0.29, 0.717) is 6.10 Å². The number of nitrogens with one attached hydrogen (secondary N) is 1. The molecule has 1 rings (SSSR count). The number of halogens is 1. The highest BCUT2D eigenvalue weighted by atomic mass is 79.9. The summed E-state index contributed by atoms with van der Waals surface area (Å²) in [6, 6.07) is 0. The van der Waals surface area contributed by atoms with E-state index >= 15 is 0 Å². The van der Waals surface area contributed by atoms with Gasteiger partial charge >= 0.3 is 0 Å². The third-order valence-corrected chi connectivity index (χ3v) is 1.90. The van der Waals surface area contributed by atoms with Gasteiger partial charge in [-0.05, 0) is 0 Å². The Kier molecular flexibility index (Phi) is 8.59. The molecule has 1 saturated heterocycles. The molecule has 62 valence electrons. The van der Waals surface area contributed by atoms with Crippen LogP contribution in [0.1, 0.15) is 0 Å². The minimum atomic E-state index is 0.392. The molecule has 0 radical (unpaired) electrons. The van der Waals surface area contributed by atoms with Crippen molar-refractivity contribution >= 4 is 25.2 Å². The minimum Gasteiger partial charge on any atom is -0.375 e. The lowest BCUT2D eigenvalue weighted by Gasteiger charge is -2.21. The molecule has 1 aliphatic heterocycles. The van der Waals surface area contributed by atoms with Crippen LogP contribution in [0.15, 0.2) is 0 Å². The van der Waals surface area contributed by atoms with Gasteiger partial charge in [0.05, 0.1) is 12.7 Å². The fraction of sp³-hybridized carbons (Fsp3) is 1.00. The smallest absolute Gasteiger partial charge is 0.0796 e. The Morgan fingerprint density at radius 3 is 2.70 bits per heavy atom. The second-order valence-electron chi connectivity index (χ2n) is 1.85. The van der Waals surface area contributed by atoms with Gasteiger partial charge in [0.2, 0.25) is 0 Å². The van der Waals surface area contributed by atoms with E-state index in [1.54, 1.807) is 0 Å². The molecule has 0 bridgehead atoms. The lowest BCUT2D eigenvalue weighted by atomic mass is 10.3. The first-order valence-corrected chi connectivity index (χ1v) is 5.67. The van der Waals surface area contributed by atoms with Gasteiger partial charge in [-0.1, -0.05) is 22.6 Å². The maximum Gasteiger partial charge on any atom is 0.0796 e. The number of hydrogen-bond donors (Lipinski definition) is 1. The Hall–Kier alpha value is 0.830. The van der Waals surface area contributed by atoms with E-state index in [4.69, 9.17) is 4.74 Å². The molecule has 1 aliphatic rings. The average molecular weight is 228 g/mol. The Morgan fingerprint density at radius 1 is 1.70 bits per heavy atom. The molecule has 0 spiro atoms. The molecule has 2 unspecified atom stereocenters. The molecule has 0 amide bonds.